The van der Waals surface area contributed by atoms with E-state index in [4.69, 9.17) is 21.1 Å². The monoisotopic (exact) mass is 385 g/mol. The number of morpholine rings is 1. The first-order chi connectivity index (χ1) is 13.1. The molecule has 3 rings (SSSR count). The first-order valence-electron chi connectivity index (χ1n) is 8.69. The van der Waals surface area contributed by atoms with Gasteiger partial charge in [-0.1, -0.05) is 29.8 Å². The molecular formula is C21H20ClNO4. The van der Waals surface area contributed by atoms with E-state index in [2.05, 4.69) is 0 Å². The van der Waals surface area contributed by atoms with Gasteiger partial charge in [-0.2, -0.15) is 0 Å². The van der Waals surface area contributed by atoms with E-state index >= 15 is 0 Å². The number of halogens is 1. The van der Waals surface area contributed by atoms with Crippen molar-refractivity contribution in [3.05, 3.63) is 70.8 Å². The van der Waals surface area contributed by atoms with E-state index in [0.717, 1.165) is 5.56 Å². The SMILES string of the molecule is O=C(/C=C/c1ccccc1Cl)c1ccc(OCC(=O)N2CCOCC2)cc1. The lowest BCUT2D eigenvalue weighted by atomic mass is 10.1. The largest absolute Gasteiger partial charge is 0.484 e. The topological polar surface area (TPSA) is 55.8 Å². The minimum atomic E-state index is -0.133. The second kappa shape index (κ2) is 9.35. The van der Waals surface area contributed by atoms with Crippen molar-refractivity contribution in [1.82, 2.24) is 4.90 Å². The predicted octanol–water partition coefficient (Wildman–Crippen LogP) is 3.47. The molecule has 1 saturated heterocycles. The van der Waals surface area contributed by atoms with E-state index in [0.29, 0.717) is 42.6 Å². The Bertz CT molecular complexity index is 826. The van der Waals surface area contributed by atoms with Gasteiger partial charge >= 0.3 is 0 Å². The Morgan fingerprint density at radius 2 is 1.78 bits per heavy atom. The van der Waals surface area contributed by atoms with Gasteiger partial charge in [0.15, 0.2) is 12.4 Å². The molecule has 1 aliphatic heterocycles. The molecule has 0 aromatic heterocycles. The van der Waals surface area contributed by atoms with Gasteiger partial charge in [0.05, 0.1) is 13.2 Å². The Labute approximate surface area is 163 Å². The molecule has 27 heavy (non-hydrogen) atoms. The van der Waals surface area contributed by atoms with E-state index < -0.39 is 0 Å². The van der Waals surface area contributed by atoms with E-state index in [9.17, 15) is 9.59 Å². The first-order valence-corrected chi connectivity index (χ1v) is 9.06. The molecule has 1 aliphatic rings. The van der Waals surface area contributed by atoms with Gasteiger partial charge in [0.1, 0.15) is 5.75 Å². The van der Waals surface area contributed by atoms with E-state index in [1.807, 2.05) is 18.2 Å². The summed E-state index contributed by atoms with van der Waals surface area (Å²) >= 11 is 6.07. The van der Waals surface area contributed by atoms with Crippen LogP contribution < -0.4 is 4.74 Å². The molecule has 2 aromatic rings. The van der Waals surface area contributed by atoms with Crippen molar-refractivity contribution in [2.75, 3.05) is 32.9 Å². The molecule has 0 radical (unpaired) electrons. The van der Waals surface area contributed by atoms with Crippen LogP contribution in [0.4, 0.5) is 0 Å². The molecule has 0 N–H and O–H groups in total. The number of hydrogen-bond donors (Lipinski definition) is 0. The van der Waals surface area contributed by atoms with Gasteiger partial charge in [0.2, 0.25) is 0 Å². The van der Waals surface area contributed by atoms with Crippen molar-refractivity contribution in [2.24, 2.45) is 0 Å². The number of benzene rings is 2. The van der Waals surface area contributed by atoms with Crippen LogP contribution in [0.5, 0.6) is 5.75 Å². The summed E-state index contributed by atoms with van der Waals surface area (Å²) in [5.74, 6) is 0.343. The van der Waals surface area contributed by atoms with Crippen LogP contribution in [-0.4, -0.2) is 49.5 Å². The summed E-state index contributed by atoms with van der Waals surface area (Å²) < 4.78 is 10.7. The minimum Gasteiger partial charge on any atom is -0.484 e. The zero-order chi connectivity index (χ0) is 19.1. The van der Waals surface area contributed by atoms with Crippen molar-refractivity contribution in [2.45, 2.75) is 0 Å². The average Bonchev–Trinajstić information content (AvgIpc) is 2.72. The predicted molar refractivity (Wildman–Crippen MR) is 104 cm³/mol. The highest BCUT2D eigenvalue weighted by atomic mass is 35.5. The summed E-state index contributed by atoms with van der Waals surface area (Å²) in [6.07, 6.45) is 3.18. The summed E-state index contributed by atoms with van der Waals surface area (Å²) in [5.41, 5.74) is 1.32. The third-order valence-corrected chi connectivity index (χ3v) is 4.53. The van der Waals surface area contributed by atoms with Gasteiger partial charge in [-0.3, -0.25) is 9.59 Å². The fourth-order valence-corrected chi connectivity index (χ4v) is 2.84. The van der Waals surface area contributed by atoms with Gasteiger partial charge in [-0.15, -0.1) is 0 Å². The number of carbonyl (C=O) groups excluding carboxylic acids is 2. The summed E-state index contributed by atoms with van der Waals surface area (Å²) in [6, 6.07) is 14.0. The molecular weight excluding hydrogens is 366 g/mol. The molecule has 140 valence electrons. The fourth-order valence-electron chi connectivity index (χ4n) is 2.64. The highest BCUT2D eigenvalue weighted by molar-refractivity contribution is 6.32. The normalized spacial score (nSPS) is 14.3. The molecule has 0 saturated carbocycles. The number of amides is 1. The van der Waals surface area contributed by atoms with Crippen LogP contribution in [0.2, 0.25) is 5.02 Å². The maximum Gasteiger partial charge on any atom is 0.260 e. The van der Waals surface area contributed by atoms with Gasteiger partial charge in [-0.05, 0) is 48.0 Å². The Balaban J connectivity index is 1.54. The maximum absolute atomic E-state index is 12.3. The van der Waals surface area contributed by atoms with Crippen LogP contribution in [0, 0.1) is 0 Å². The Hall–Kier alpha value is -2.63. The lowest BCUT2D eigenvalue weighted by Gasteiger charge is -2.26. The fraction of sp³-hybridized carbons (Fsp3) is 0.238. The van der Waals surface area contributed by atoms with Crippen molar-refractivity contribution < 1.29 is 19.1 Å². The molecule has 5 nitrogen and oxygen atoms in total. The van der Waals surface area contributed by atoms with Crippen LogP contribution in [0.1, 0.15) is 15.9 Å². The first kappa shape index (κ1) is 19.1. The zero-order valence-corrected chi connectivity index (χ0v) is 15.5. The molecule has 0 spiro atoms. The number of carbonyl (C=O) groups is 2. The second-order valence-electron chi connectivity index (χ2n) is 6.03. The van der Waals surface area contributed by atoms with E-state index in [1.54, 1.807) is 41.3 Å². The summed E-state index contributed by atoms with van der Waals surface area (Å²) in [6.45, 7) is 2.27. The number of nitrogens with zero attached hydrogens (tertiary/aromatic N) is 1. The molecule has 1 fully saturated rings. The Morgan fingerprint density at radius 1 is 1.07 bits per heavy atom. The summed E-state index contributed by atoms with van der Waals surface area (Å²) in [7, 11) is 0. The number of rotatable bonds is 6. The number of ether oxygens (including phenoxy) is 2. The lowest BCUT2D eigenvalue weighted by molar-refractivity contribution is -0.137. The Kier molecular flexibility index (Phi) is 6.63. The molecule has 0 bridgehead atoms. The van der Waals surface area contributed by atoms with Gasteiger partial charge in [-0.25, -0.2) is 0 Å². The molecule has 0 atom stereocenters. The molecule has 2 aromatic carbocycles. The van der Waals surface area contributed by atoms with Crippen LogP contribution in [0.3, 0.4) is 0 Å². The van der Waals surface area contributed by atoms with E-state index in [1.165, 1.54) is 6.08 Å². The summed E-state index contributed by atoms with van der Waals surface area (Å²) in [5, 5.41) is 0.593. The maximum atomic E-state index is 12.3. The van der Waals surface area contributed by atoms with Crippen molar-refractivity contribution in [1.29, 1.82) is 0 Å². The van der Waals surface area contributed by atoms with Crippen LogP contribution in [-0.2, 0) is 9.53 Å². The smallest absolute Gasteiger partial charge is 0.260 e. The summed E-state index contributed by atoms with van der Waals surface area (Å²) in [4.78, 5) is 26.1. The molecule has 0 unspecified atom stereocenters. The highest BCUT2D eigenvalue weighted by Gasteiger charge is 2.17. The average molecular weight is 386 g/mol. The third-order valence-electron chi connectivity index (χ3n) is 4.18. The van der Waals surface area contributed by atoms with Crippen molar-refractivity contribution in [3.63, 3.8) is 0 Å². The molecule has 1 amide bonds. The highest BCUT2D eigenvalue weighted by Crippen LogP contribution is 2.18. The minimum absolute atomic E-state index is 0.0281. The second-order valence-corrected chi connectivity index (χ2v) is 6.43. The number of hydrogen-bond acceptors (Lipinski definition) is 4. The van der Waals surface area contributed by atoms with E-state index in [-0.39, 0.29) is 18.3 Å². The number of allylic oxidation sites excluding steroid dienone is 1. The van der Waals surface area contributed by atoms with Gasteiger partial charge < -0.3 is 14.4 Å². The third kappa shape index (κ3) is 5.42. The van der Waals surface area contributed by atoms with Crippen LogP contribution >= 0.6 is 11.6 Å². The molecule has 0 aliphatic carbocycles. The Morgan fingerprint density at radius 3 is 2.48 bits per heavy atom. The standard InChI is InChI=1S/C21H20ClNO4/c22-19-4-2-1-3-16(19)7-10-20(24)17-5-8-18(9-6-17)27-15-21(25)23-11-13-26-14-12-23/h1-10H,11-15H2/b10-7+. The lowest BCUT2D eigenvalue weighted by Crippen LogP contribution is -2.42. The van der Waals surface area contributed by atoms with Gasteiger partial charge in [0, 0.05) is 23.7 Å². The zero-order valence-electron chi connectivity index (χ0n) is 14.8. The van der Waals surface area contributed by atoms with Crippen LogP contribution in [0.25, 0.3) is 6.08 Å². The van der Waals surface area contributed by atoms with Crippen molar-refractivity contribution >= 4 is 29.4 Å². The molecule has 1 heterocycles. The molecule has 6 heteroatoms. The van der Waals surface area contributed by atoms with Crippen molar-refractivity contribution in [3.8, 4) is 5.75 Å². The van der Waals surface area contributed by atoms with Gasteiger partial charge in [0.25, 0.3) is 5.91 Å². The van der Waals surface area contributed by atoms with Crippen LogP contribution in [0.15, 0.2) is 54.6 Å². The quantitative estimate of drug-likeness (QED) is 0.564. The number of ketones is 1.